The van der Waals surface area contributed by atoms with Crippen LogP contribution >= 0.6 is 11.6 Å². The van der Waals surface area contributed by atoms with Gasteiger partial charge >= 0.3 is 0 Å². The first-order valence-corrected chi connectivity index (χ1v) is 13.7. The van der Waals surface area contributed by atoms with E-state index in [9.17, 15) is 21.6 Å². The van der Waals surface area contributed by atoms with Crippen LogP contribution < -0.4 is 9.47 Å². The summed E-state index contributed by atoms with van der Waals surface area (Å²) in [5.74, 6) is 0.396. The highest BCUT2D eigenvalue weighted by molar-refractivity contribution is 7.89. The number of hydrogen-bond donors (Lipinski definition) is 0. The maximum atomic E-state index is 13.0. The minimum absolute atomic E-state index is 0.00840. The minimum Gasteiger partial charge on any atom is -0.486 e. The van der Waals surface area contributed by atoms with E-state index in [1.807, 2.05) is 0 Å². The molecule has 0 spiro atoms. The number of carbonyl (C=O) groups is 1. The molecule has 10 nitrogen and oxygen atoms in total. The van der Waals surface area contributed by atoms with Gasteiger partial charge in [-0.1, -0.05) is 11.6 Å². The number of amides is 1. The molecule has 1 amide bonds. The van der Waals surface area contributed by atoms with E-state index in [1.165, 1.54) is 58.7 Å². The molecule has 0 aliphatic carbocycles. The van der Waals surface area contributed by atoms with E-state index in [4.69, 9.17) is 21.1 Å². The van der Waals surface area contributed by atoms with Crippen LogP contribution in [-0.2, 0) is 24.8 Å². The fourth-order valence-corrected chi connectivity index (χ4v) is 6.36. The van der Waals surface area contributed by atoms with Crippen LogP contribution in [0.3, 0.4) is 0 Å². The van der Waals surface area contributed by atoms with Gasteiger partial charge in [0.15, 0.2) is 11.5 Å². The number of rotatable bonds is 6. The van der Waals surface area contributed by atoms with Crippen LogP contribution in [0.5, 0.6) is 11.5 Å². The number of carbonyl (C=O) groups excluding carboxylic acids is 1. The molecule has 4 rings (SSSR count). The first-order valence-electron chi connectivity index (χ1n) is 10.5. The van der Waals surface area contributed by atoms with Gasteiger partial charge in [-0.05, 0) is 36.4 Å². The van der Waals surface area contributed by atoms with E-state index in [2.05, 4.69) is 0 Å². The Morgan fingerprint density at radius 2 is 1.50 bits per heavy atom. The smallest absolute Gasteiger partial charge is 0.243 e. The van der Waals surface area contributed by atoms with Gasteiger partial charge in [-0.15, -0.1) is 0 Å². The standard InChI is InChI=1S/C21H24ClN3O7S2/c1-23(33(27,28)18-6-7-19-20(14-18)32-13-12-31-19)15-21(26)24-8-10-25(11-9-24)34(29,30)17-4-2-16(22)3-5-17/h2-7,14H,8-13,15H2,1H3. The lowest BCUT2D eigenvalue weighted by atomic mass is 10.3. The number of ether oxygens (including phenoxy) is 2. The summed E-state index contributed by atoms with van der Waals surface area (Å²) in [6, 6.07) is 10.2. The van der Waals surface area contributed by atoms with Crippen LogP contribution in [-0.4, -0.2) is 89.2 Å². The van der Waals surface area contributed by atoms with Crippen molar-refractivity contribution in [1.29, 1.82) is 0 Å². The van der Waals surface area contributed by atoms with E-state index < -0.39 is 26.0 Å². The van der Waals surface area contributed by atoms with Gasteiger partial charge in [0.2, 0.25) is 26.0 Å². The van der Waals surface area contributed by atoms with Crippen molar-refractivity contribution in [3.63, 3.8) is 0 Å². The Hall–Kier alpha value is -2.38. The van der Waals surface area contributed by atoms with Crippen molar-refractivity contribution in [3.8, 4) is 11.5 Å². The normalized spacial score (nSPS) is 17.1. The summed E-state index contributed by atoms with van der Waals surface area (Å²) in [5.41, 5.74) is 0. The Labute approximate surface area is 203 Å². The second-order valence-electron chi connectivity index (χ2n) is 7.81. The summed E-state index contributed by atoms with van der Waals surface area (Å²) >= 11 is 5.83. The Kier molecular flexibility index (Phi) is 7.06. The second-order valence-corrected chi connectivity index (χ2v) is 12.2. The molecule has 0 saturated carbocycles. The lowest BCUT2D eigenvalue weighted by Gasteiger charge is -2.34. The van der Waals surface area contributed by atoms with Gasteiger partial charge in [0.25, 0.3) is 0 Å². The molecule has 34 heavy (non-hydrogen) atoms. The van der Waals surface area contributed by atoms with E-state index in [0.717, 1.165) is 4.31 Å². The number of hydrogen-bond acceptors (Lipinski definition) is 7. The summed E-state index contributed by atoms with van der Waals surface area (Å²) in [6.07, 6.45) is 0. The molecule has 0 aromatic heterocycles. The van der Waals surface area contributed by atoms with Gasteiger partial charge in [-0.2, -0.15) is 8.61 Å². The van der Waals surface area contributed by atoms with Crippen molar-refractivity contribution in [3.05, 3.63) is 47.5 Å². The predicted molar refractivity (Wildman–Crippen MR) is 124 cm³/mol. The second kappa shape index (κ2) is 9.70. The zero-order valence-corrected chi connectivity index (χ0v) is 20.8. The highest BCUT2D eigenvalue weighted by Gasteiger charge is 2.32. The summed E-state index contributed by atoms with van der Waals surface area (Å²) in [5, 5.41) is 0.435. The van der Waals surface area contributed by atoms with Crippen LogP contribution in [0.2, 0.25) is 5.02 Å². The fraction of sp³-hybridized carbons (Fsp3) is 0.381. The Balaban J connectivity index is 1.37. The van der Waals surface area contributed by atoms with Gasteiger partial charge in [0.1, 0.15) is 13.2 Å². The third-order valence-electron chi connectivity index (χ3n) is 5.62. The molecular weight excluding hydrogens is 506 g/mol. The van der Waals surface area contributed by atoms with E-state index in [0.29, 0.717) is 29.7 Å². The monoisotopic (exact) mass is 529 g/mol. The number of halogens is 1. The summed E-state index contributed by atoms with van der Waals surface area (Å²) < 4.78 is 64.7. The molecule has 2 aliphatic rings. The van der Waals surface area contributed by atoms with Crippen LogP contribution in [0.15, 0.2) is 52.3 Å². The maximum Gasteiger partial charge on any atom is 0.243 e. The van der Waals surface area contributed by atoms with Gasteiger partial charge < -0.3 is 14.4 Å². The Bertz CT molecular complexity index is 1280. The SMILES string of the molecule is CN(CC(=O)N1CCN(S(=O)(=O)c2ccc(Cl)cc2)CC1)S(=O)(=O)c1ccc2c(c1)OCCO2. The zero-order valence-electron chi connectivity index (χ0n) is 18.4. The molecule has 0 unspecified atom stereocenters. The summed E-state index contributed by atoms with van der Waals surface area (Å²) in [6.45, 7) is 0.866. The van der Waals surface area contributed by atoms with Crippen molar-refractivity contribution >= 4 is 37.6 Å². The van der Waals surface area contributed by atoms with Crippen molar-refractivity contribution in [2.45, 2.75) is 9.79 Å². The molecule has 184 valence electrons. The average Bonchev–Trinajstić information content (AvgIpc) is 2.84. The first kappa shape index (κ1) is 24.7. The maximum absolute atomic E-state index is 13.0. The molecular formula is C21H24ClN3O7S2. The summed E-state index contributed by atoms with van der Waals surface area (Å²) in [7, 11) is -6.33. The number of fused-ring (bicyclic) bond motifs is 1. The minimum atomic E-state index is -3.95. The Morgan fingerprint density at radius 1 is 0.912 bits per heavy atom. The van der Waals surface area contributed by atoms with E-state index in [1.54, 1.807) is 0 Å². The van der Waals surface area contributed by atoms with Crippen molar-refractivity contribution in [1.82, 2.24) is 13.5 Å². The quantitative estimate of drug-likeness (QED) is 0.553. The van der Waals surface area contributed by atoms with E-state index >= 15 is 0 Å². The molecule has 2 aromatic carbocycles. The van der Waals surface area contributed by atoms with Gasteiger partial charge in [0, 0.05) is 44.3 Å². The third kappa shape index (κ3) is 5.01. The van der Waals surface area contributed by atoms with Gasteiger partial charge in [-0.25, -0.2) is 16.8 Å². The van der Waals surface area contributed by atoms with Crippen LogP contribution in [0.25, 0.3) is 0 Å². The fourth-order valence-electron chi connectivity index (χ4n) is 3.67. The number of sulfonamides is 2. The first-order chi connectivity index (χ1) is 16.1. The van der Waals surface area contributed by atoms with Crippen molar-refractivity contribution in [2.75, 3.05) is 53.0 Å². The molecule has 2 aromatic rings. The molecule has 0 atom stereocenters. The van der Waals surface area contributed by atoms with Gasteiger partial charge in [-0.3, -0.25) is 4.79 Å². The van der Waals surface area contributed by atoms with Crippen molar-refractivity contribution < 1.29 is 31.1 Å². The predicted octanol–water partition coefficient (Wildman–Crippen LogP) is 1.26. The topological polar surface area (TPSA) is 114 Å². The largest absolute Gasteiger partial charge is 0.486 e. The average molecular weight is 530 g/mol. The molecule has 1 fully saturated rings. The molecule has 0 N–H and O–H groups in total. The number of piperazine rings is 1. The third-order valence-corrected chi connectivity index (χ3v) is 9.59. The van der Waals surface area contributed by atoms with E-state index in [-0.39, 0.29) is 42.5 Å². The summed E-state index contributed by atoms with van der Waals surface area (Å²) in [4.78, 5) is 14.4. The number of benzene rings is 2. The molecule has 0 radical (unpaired) electrons. The van der Waals surface area contributed by atoms with Crippen LogP contribution in [0.4, 0.5) is 0 Å². The van der Waals surface area contributed by atoms with Crippen LogP contribution in [0.1, 0.15) is 0 Å². The highest BCUT2D eigenvalue weighted by Crippen LogP contribution is 2.33. The molecule has 0 bridgehead atoms. The lowest BCUT2D eigenvalue weighted by molar-refractivity contribution is -0.132. The van der Waals surface area contributed by atoms with Crippen molar-refractivity contribution in [2.24, 2.45) is 0 Å². The molecule has 2 aliphatic heterocycles. The zero-order chi connectivity index (χ0) is 24.5. The number of nitrogens with zero attached hydrogens (tertiary/aromatic N) is 3. The lowest BCUT2D eigenvalue weighted by Crippen LogP contribution is -2.52. The van der Waals surface area contributed by atoms with Crippen LogP contribution in [0, 0.1) is 0 Å². The Morgan fingerprint density at radius 3 is 2.15 bits per heavy atom. The molecule has 13 heteroatoms. The molecule has 2 heterocycles. The number of likely N-dealkylation sites (N-methyl/N-ethyl adjacent to an activating group) is 1. The highest BCUT2D eigenvalue weighted by atomic mass is 35.5. The van der Waals surface area contributed by atoms with Gasteiger partial charge in [0.05, 0.1) is 16.3 Å². The molecule has 1 saturated heterocycles.